The molecule has 1 atom stereocenters. The second kappa shape index (κ2) is 4.22. The predicted octanol–water partition coefficient (Wildman–Crippen LogP) is 2.87. The van der Waals surface area contributed by atoms with Gasteiger partial charge in [-0.2, -0.15) is 13.2 Å². The van der Waals surface area contributed by atoms with Crippen molar-refractivity contribution in [1.29, 1.82) is 0 Å². The van der Waals surface area contributed by atoms with Gasteiger partial charge in [0, 0.05) is 12.6 Å². The van der Waals surface area contributed by atoms with Crippen molar-refractivity contribution in [3.05, 3.63) is 29.3 Å². The number of hydrogen-bond acceptors (Lipinski definition) is 2. The number of fused-ring (bicyclic) bond motifs is 1. The summed E-state index contributed by atoms with van der Waals surface area (Å²) in [5, 5.41) is 9.33. The van der Waals surface area contributed by atoms with Gasteiger partial charge >= 0.3 is 6.18 Å². The molecule has 0 amide bonds. The molecule has 0 radical (unpaired) electrons. The number of rotatable bonds is 1. The van der Waals surface area contributed by atoms with Gasteiger partial charge in [-0.3, -0.25) is 4.90 Å². The third-order valence-electron chi connectivity index (χ3n) is 3.18. The fraction of sp³-hybridized carbons (Fsp3) is 0.500. The zero-order valence-electron chi connectivity index (χ0n) is 9.46. The van der Waals surface area contributed by atoms with E-state index < -0.39 is 12.7 Å². The standard InChI is InChI=1S/C12H14F3NO/c1-8-11-3-2-10(17)6-9(11)4-5-16(8)7-12(13,14)15/h2-3,6,8,17H,4-5,7H2,1H3/t8-/m0/s1. The highest BCUT2D eigenvalue weighted by Crippen LogP contribution is 2.33. The first-order chi connectivity index (χ1) is 7.87. The minimum absolute atomic E-state index is 0.167. The third-order valence-corrected chi connectivity index (χ3v) is 3.18. The molecule has 1 aromatic rings. The zero-order chi connectivity index (χ0) is 12.6. The Morgan fingerprint density at radius 3 is 2.76 bits per heavy atom. The van der Waals surface area contributed by atoms with E-state index in [1.807, 2.05) is 0 Å². The summed E-state index contributed by atoms with van der Waals surface area (Å²) in [6.45, 7) is 1.26. The highest BCUT2D eigenvalue weighted by molar-refractivity contribution is 5.38. The number of phenols is 1. The molecule has 5 heteroatoms. The largest absolute Gasteiger partial charge is 0.508 e. The molecule has 0 unspecified atom stereocenters. The molecule has 17 heavy (non-hydrogen) atoms. The summed E-state index contributed by atoms with van der Waals surface area (Å²) in [7, 11) is 0. The lowest BCUT2D eigenvalue weighted by Gasteiger charge is -2.35. The Kier molecular flexibility index (Phi) is 3.03. The van der Waals surface area contributed by atoms with E-state index >= 15 is 0 Å². The monoisotopic (exact) mass is 245 g/mol. The molecule has 0 saturated heterocycles. The van der Waals surface area contributed by atoms with E-state index in [0.717, 1.165) is 11.1 Å². The maximum Gasteiger partial charge on any atom is 0.401 e. The van der Waals surface area contributed by atoms with Crippen LogP contribution in [0.5, 0.6) is 5.75 Å². The van der Waals surface area contributed by atoms with Crippen molar-refractivity contribution in [3.63, 3.8) is 0 Å². The van der Waals surface area contributed by atoms with Gasteiger partial charge in [-0.15, -0.1) is 0 Å². The zero-order valence-corrected chi connectivity index (χ0v) is 9.46. The average molecular weight is 245 g/mol. The van der Waals surface area contributed by atoms with Gasteiger partial charge in [-0.25, -0.2) is 0 Å². The Balaban J connectivity index is 2.21. The van der Waals surface area contributed by atoms with E-state index in [2.05, 4.69) is 0 Å². The number of benzene rings is 1. The Hall–Kier alpha value is -1.23. The van der Waals surface area contributed by atoms with Crippen LogP contribution in [-0.4, -0.2) is 29.3 Å². The number of halogens is 3. The van der Waals surface area contributed by atoms with Gasteiger partial charge in [0.05, 0.1) is 6.54 Å². The predicted molar refractivity (Wildman–Crippen MR) is 57.9 cm³/mol. The molecular weight excluding hydrogens is 231 g/mol. The summed E-state index contributed by atoms with van der Waals surface area (Å²) >= 11 is 0. The van der Waals surface area contributed by atoms with Crippen molar-refractivity contribution in [1.82, 2.24) is 4.90 Å². The van der Waals surface area contributed by atoms with Crippen LogP contribution in [0.1, 0.15) is 24.1 Å². The van der Waals surface area contributed by atoms with Crippen LogP contribution in [0, 0.1) is 0 Å². The van der Waals surface area contributed by atoms with Crippen molar-refractivity contribution >= 4 is 0 Å². The molecule has 1 N–H and O–H groups in total. The SMILES string of the molecule is C[C@H]1c2ccc(O)cc2CCN1CC(F)(F)F. The Morgan fingerprint density at radius 2 is 2.12 bits per heavy atom. The van der Waals surface area contributed by atoms with E-state index in [0.29, 0.717) is 13.0 Å². The first-order valence-corrected chi connectivity index (χ1v) is 5.49. The number of hydrogen-bond donors (Lipinski definition) is 1. The fourth-order valence-corrected chi connectivity index (χ4v) is 2.32. The van der Waals surface area contributed by atoms with Crippen molar-refractivity contribution in [2.24, 2.45) is 0 Å². The minimum Gasteiger partial charge on any atom is -0.508 e. The lowest BCUT2D eigenvalue weighted by molar-refractivity contribution is -0.151. The minimum atomic E-state index is -4.16. The van der Waals surface area contributed by atoms with E-state index in [-0.39, 0.29) is 11.8 Å². The maximum atomic E-state index is 12.4. The average Bonchev–Trinajstić information content (AvgIpc) is 2.20. The first kappa shape index (κ1) is 12.2. The van der Waals surface area contributed by atoms with Gasteiger partial charge in [0.25, 0.3) is 0 Å². The number of alkyl halides is 3. The molecule has 1 aliphatic rings. The summed E-state index contributed by atoms with van der Waals surface area (Å²) in [6.07, 6.45) is -3.62. The summed E-state index contributed by atoms with van der Waals surface area (Å²) < 4.78 is 37.1. The van der Waals surface area contributed by atoms with Crippen LogP contribution in [-0.2, 0) is 6.42 Å². The van der Waals surface area contributed by atoms with Crippen molar-refractivity contribution in [3.8, 4) is 5.75 Å². The van der Waals surface area contributed by atoms with E-state index in [1.165, 1.54) is 11.0 Å². The molecule has 1 aromatic carbocycles. The Bertz CT molecular complexity index is 417. The number of aromatic hydroxyl groups is 1. The van der Waals surface area contributed by atoms with Crippen LogP contribution in [0.2, 0.25) is 0 Å². The molecule has 1 aliphatic heterocycles. The van der Waals surface area contributed by atoms with Crippen LogP contribution in [0.3, 0.4) is 0 Å². The van der Waals surface area contributed by atoms with E-state index in [9.17, 15) is 18.3 Å². The summed E-state index contributed by atoms with van der Waals surface area (Å²) in [4.78, 5) is 1.42. The van der Waals surface area contributed by atoms with Gasteiger partial charge in [-0.1, -0.05) is 6.07 Å². The van der Waals surface area contributed by atoms with Gasteiger partial charge < -0.3 is 5.11 Å². The van der Waals surface area contributed by atoms with Crippen LogP contribution in [0.4, 0.5) is 13.2 Å². The van der Waals surface area contributed by atoms with E-state index in [4.69, 9.17) is 0 Å². The lowest BCUT2D eigenvalue weighted by atomic mass is 9.93. The molecule has 1 heterocycles. The van der Waals surface area contributed by atoms with Crippen LogP contribution in [0.25, 0.3) is 0 Å². The van der Waals surface area contributed by atoms with Gasteiger partial charge in [0.2, 0.25) is 0 Å². The van der Waals surface area contributed by atoms with Crippen molar-refractivity contribution < 1.29 is 18.3 Å². The highest BCUT2D eigenvalue weighted by atomic mass is 19.4. The summed E-state index contributed by atoms with van der Waals surface area (Å²) in [5.41, 5.74) is 1.81. The molecular formula is C12H14F3NO. The smallest absolute Gasteiger partial charge is 0.401 e. The molecule has 0 aliphatic carbocycles. The number of nitrogens with zero attached hydrogens (tertiary/aromatic N) is 1. The second-order valence-electron chi connectivity index (χ2n) is 4.39. The maximum absolute atomic E-state index is 12.4. The van der Waals surface area contributed by atoms with Crippen molar-refractivity contribution in [2.75, 3.05) is 13.1 Å². The normalized spacial score (nSPS) is 21.3. The molecule has 2 rings (SSSR count). The van der Waals surface area contributed by atoms with Crippen LogP contribution in [0.15, 0.2) is 18.2 Å². The summed E-state index contributed by atoms with van der Waals surface area (Å²) in [5.74, 6) is 0.167. The fourth-order valence-electron chi connectivity index (χ4n) is 2.32. The topological polar surface area (TPSA) is 23.5 Å². The Morgan fingerprint density at radius 1 is 1.41 bits per heavy atom. The van der Waals surface area contributed by atoms with Gasteiger partial charge in [0.15, 0.2) is 0 Å². The highest BCUT2D eigenvalue weighted by Gasteiger charge is 2.35. The number of phenolic OH excluding ortho intramolecular Hbond substituents is 1. The van der Waals surface area contributed by atoms with Gasteiger partial charge in [0.1, 0.15) is 5.75 Å². The lowest BCUT2D eigenvalue weighted by Crippen LogP contribution is -2.40. The Labute approximate surface area is 97.7 Å². The second-order valence-corrected chi connectivity index (χ2v) is 4.39. The molecule has 0 spiro atoms. The van der Waals surface area contributed by atoms with Gasteiger partial charge in [-0.05, 0) is 36.6 Å². The molecule has 0 saturated carbocycles. The first-order valence-electron chi connectivity index (χ1n) is 5.49. The molecule has 0 fully saturated rings. The third kappa shape index (κ3) is 2.72. The van der Waals surface area contributed by atoms with Crippen LogP contribution >= 0.6 is 0 Å². The molecule has 2 nitrogen and oxygen atoms in total. The molecule has 0 bridgehead atoms. The molecule has 94 valence electrons. The quantitative estimate of drug-likeness (QED) is 0.822. The van der Waals surface area contributed by atoms with Crippen LogP contribution < -0.4 is 0 Å². The van der Waals surface area contributed by atoms with Crippen molar-refractivity contribution in [2.45, 2.75) is 25.6 Å². The summed E-state index contributed by atoms with van der Waals surface area (Å²) in [6, 6.07) is 4.60. The molecule has 0 aromatic heterocycles. The van der Waals surface area contributed by atoms with E-state index in [1.54, 1.807) is 19.1 Å².